The van der Waals surface area contributed by atoms with Gasteiger partial charge in [-0.3, -0.25) is 4.79 Å². The maximum Gasteiger partial charge on any atom is 0.226 e. The molecule has 112 valence electrons. The largest absolute Gasteiger partial charge is 0.361 e. The van der Waals surface area contributed by atoms with Crippen molar-refractivity contribution in [3.05, 3.63) is 46.8 Å². The molecule has 0 saturated carbocycles. The van der Waals surface area contributed by atoms with Gasteiger partial charge >= 0.3 is 0 Å². The third kappa shape index (κ3) is 4.93. The molecular formula is C16H20N2O2S. The van der Waals surface area contributed by atoms with Gasteiger partial charge in [0, 0.05) is 23.3 Å². The van der Waals surface area contributed by atoms with E-state index in [0.717, 1.165) is 11.5 Å². The average Bonchev–Trinajstić information content (AvgIpc) is 2.84. The van der Waals surface area contributed by atoms with Crippen molar-refractivity contribution in [2.45, 2.75) is 32.1 Å². The number of aryl methyl sites for hydroxylation is 3. The Bertz CT molecular complexity index is 622. The predicted molar refractivity (Wildman–Crippen MR) is 84.6 cm³/mol. The molecule has 2 aromatic rings. The second-order valence-electron chi connectivity index (χ2n) is 5.05. The van der Waals surface area contributed by atoms with Crippen LogP contribution in [0.5, 0.6) is 0 Å². The van der Waals surface area contributed by atoms with Crippen LogP contribution in [0.2, 0.25) is 0 Å². The Kier molecular flexibility index (Phi) is 5.44. The lowest BCUT2D eigenvalue weighted by molar-refractivity contribution is -0.120. The first kappa shape index (κ1) is 15.6. The van der Waals surface area contributed by atoms with Gasteiger partial charge in [-0.05, 0) is 44.0 Å². The molecule has 0 aliphatic rings. The van der Waals surface area contributed by atoms with E-state index in [0.29, 0.717) is 12.2 Å². The van der Waals surface area contributed by atoms with Crippen LogP contribution in [-0.4, -0.2) is 23.4 Å². The normalized spacial score (nSPS) is 10.6. The SMILES string of the molecule is Cc1cc(CC(=O)NCCSc2ccc(C)c(C)c2)no1. The van der Waals surface area contributed by atoms with Gasteiger partial charge in [-0.15, -0.1) is 11.8 Å². The number of benzene rings is 1. The number of nitrogens with zero attached hydrogens (tertiary/aromatic N) is 1. The highest BCUT2D eigenvalue weighted by atomic mass is 32.2. The van der Waals surface area contributed by atoms with Gasteiger partial charge in [0.05, 0.1) is 12.1 Å². The minimum atomic E-state index is -0.0241. The van der Waals surface area contributed by atoms with Crippen LogP contribution in [0.4, 0.5) is 0 Å². The van der Waals surface area contributed by atoms with Crippen LogP contribution < -0.4 is 5.32 Å². The summed E-state index contributed by atoms with van der Waals surface area (Å²) in [5.74, 6) is 1.55. The van der Waals surface area contributed by atoms with Crippen molar-refractivity contribution >= 4 is 17.7 Å². The van der Waals surface area contributed by atoms with Crippen LogP contribution in [-0.2, 0) is 11.2 Å². The molecule has 0 radical (unpaired) electrons. The number of carbonyl (C=O) groups is 1. The highest BCUT2D eigenvalue weighted by Gasteiger charge is 2.07. The number of rotatable bonds is 6. The number of hydrogen-bond acceptors (Lipinski definition) is 4. The summed E-state index contributed by atoms with van der Waals surface area (Å²) >= 11 is 1.75. The quantitative estimate of drug-likeness (QED) is 0.658. The van der Waals surface area contributed by atoms with Gasteiger partial charge in [0.1, 0.15) is 5.76 Å². The lowest BCUT2D eigenvalue weighted by atomic mass is 10.1. The molecule has 0 aliphatic heterocycles. The van der Waals surface area contributed by atoms with E-state index in [2.05, 4.69) is 42.5 Å². The molecule has 0 spiro atoms. The molecule has 2 rings (SSSR count). The molecule has 0 saturated heterocycles. The Morgan fingerprint density at radius 1 is 1.24 bits per heavy atom. The maximum absolute atomic E-state index is 11.7. The summed E-state index contributed by atoms with van der Waals surface area (Å²) in [6.45, 7) is 6.68. The first-order chi connectivity index (χ1) is 10.0. The predicted octanol–water partition coefficient (Wildman–Crippen LogP) is 3.05. The van der Waals surface area contributed by atoms with E-state index in [-0.39, 0.29) is 12.3 Å². The number of thioether (sulfide) groups is 1. The van der Waals surface area contributed by atoms with E-state index in [4.69, 9.17) is 4.52 Å². The summed E-state index contributed by atoms with van der Waals surface area (Å²) < 4.78 is 4.94. The van der Waals surface area contributed by atoms with Crippen LogP contribution in [0.25, 0.3) is 0 Å². The average molecular weight is 304 g/mol. The minimum absolute atomic E-state index is 0.0241. The highest BCUT2D eigenvalue weighted by molar-refractivity contribution is 7.99. The van der Waals surface area contributed by atoms with Crippen molar-refractivity contribution in [1.29, 1.82) is 0 Å². The second-order valence-corrected chi connectivity index (χ2v) is 6.22. The van der Waals surface area contributed by atoms with Crippen LogP contribution in [0, 0.1) is 20.8 Å². The van der Waals surface area contributed by atoms with Gasteiger partial charge in [-0.25, -0.2) is 0 Å². The van der Waals surface area contributed by atoms with Gasteiger partial charge in [0.15, 0.2) is 0 Å². The Labute approximate surface area is 129 Å². The summed E-state index contributed by atoms with van der Waals surface area (Å²) in [5, 5.41) is 6.70. The Balaban J connectivity index is 1.69. The number of aromatic nitrogens is 1. The minimum Gasteiger partial charge on any atom is -0.361 e. The molecule has 0 aliphatic carbocycles. The van der Waals surface area contributed by atoms with Crippen molar-refractivity contribution in [1.82, 2.24) is 10.5 Å². The summed E-state index contributed by atoms with van der Waals surface area (Å²) in [7, 11) is 0. The van der Waals surface area contributed by atoms with Crippen molar-refractivity contribution in [3.63, 3.8) is 0 Å². The fourth-order valence-corrected chi connectivity index (χ4v) is 2.76. The topological polar surface area (TPSA) is 55.1 Å². The Morgan fingerprint density at radius 3 is 2.71 bits per heavy atom. The van der Waals surface area contributed by atoms with E-state index in [9.17, 15) is 4.79 Å². The molecule has 1 aromatic heterocycles. The molecule has 0 bridgehead atoms. The fraction of sp³-hybridized carbons (Fsp3) is 0.375. The van der Waals surface area contributed by atoms with E-state index >= 15 is 0 Å². The van der Waals surface area contributed by atoms with E-state index in [1.165, 1.54) is 16.0 Å². The molecule has 0 unspecified atom stereocenters. The number of nitrogens with one attached hydrogen (secondary N) is 1. The van der Waals surface area contributed by atoms with Crippen molar-refractivity contribution in [3.8, 4) is 0 Å². The van der Waals surface area contributed by atoms with Gasteiger partial charge < -0.3 is 9.84 Å². The van der Waals surface area contributed by atoms with Crippen molar-refractivity contribution < 1.29 is 9.32 Å². The number of amides is 1. The summed E-state index contributed by atoms with van der Waals surface area (Å²) in [4.78, 5) is 13.0. The van der Waals surface area contributed by atoms with Crippen LogP contribution in [0.15, 0.2) is 33.7 Å². The second kappa shape index (κ2) is 7.31. The first-order valence-electron chi connectivity index (χ1n) is 6.93. The summed E-state index contributed by atoms with van der Waals surface area (Å²) in [5.41, 5.74) is 3.27. The lowest BCUT2D eigenvalue weighted by Gasteiger charge is -2.06. The molecule has 21 heavy (non-hydrogen) atoms. The maximum atomic E-state index is 11.7. The molecule has 1 amide bonds. The van der Waals surface area contributed by atoms with E-state index in [1.807, 2.05) is 6.92 Å². The smallest absolute Gasteiger partial charge is 0.226 e. The zero-order valence-corrected chi connectivity index (χ0v) is 13.4. The molecule has 0 fully saturated rings. The number of hydrogen-bond donors (Lipinski definition) is 1. The van der Waals surface area contributed by atoms with Gasteiger partial charge in [0.25, 0.3) is 0 Å². The molecule has 1 aromatic carbocycles. The van der Waals surface area contributed by atoms with Gasteiger partial charge in [-0.1, -0.05) is 11.2 Å². The van der Waals surface area contributed by atoms with E-state index < -0.39 is 0 Å². The molecule has 1 heterocycles. The third-order valence-corrected chi connectivity index (χ3v) is 4.19. The summed E-state index contributed by atoms with van der Waals surface area (Å²) in [6.07, 6.45) is 0.269. The summed E-state index contributed by atoms with van der Waals surface area (Å²) in [6, 6.07) is 8.21. The van der Waals surface area contributed by atoms with Crippen LogP contribution in [0.3, 0.4) is 0 Å². The molecule has 4 nitrogen and oxygen atoms in total. The molecule has 1 N–H and O–H groups in total. The van der Waals surface area contributed by atoms with Crippen LogP contribution in [0.1, 0.15) is 22.6 Å². The van der Waals surface area contributed by atoms with E-state index in [1.54, 1.807) is 17.8 Å². The third-order valence-electron chi connectivity index (χ3n) is 3.19. The van der Waals surface area contributed by atoms with Gasteiger partial charge in [-0.2, -0.15) is 0 Å². The fourth-order valence-electron chi connectivity index (χ4n) is 1.89. The molecular weight excluding hydrogens is 284 g/mol. The Hall–Kier alpha value is -1.75. The number of carbonyl (C=O) groups excluding carboxylic acids is 1. The molecule has 5 heteroatoms. The van der Waals surface area contributed by atoms with Crippen molar-refractivity contribution in [2.75, 3.05) is 12.3 Å². The first-order valence-corrected chi connectivity index (χ1v) is 7.92. The van der Waals surface area contributed by atoms with Crippen molar-refractivity contribution in [2.24, 2.45) is 0 Å². The zero-order chi connectivity index (χ0) is 15.2. The molecule has 0 atom stereocenters. The highest BCUT2D eigenvalue weighted by Crippen LogP contribution is 2.20. The van der Waals surface area contributed by atoms with Gasteiger partial charge in [0.2, 0.25) is 5.91 Å². The lowest BCUT2D eigenvalue weighted by Crippen LogP contribution is -2.27. The monoisotopic (exact) mass is 304 g/mol. The van der Waals surface area contributed by atoms with Crippen LogP contribution >= 0.6 is 11.8 Å². The Morgan fingerprint density at radius 2 is 2.05 bits per heavy atom. The zero-order valence-electron chi connectivity index (χ0n) is 12.6. The standard InChI is InChI=1S/C16H20N2O2S/c1-11-4-5-15(8-12(11)2)21-7-6-17-16(19)10-14-9-13(3)20-18-14/h4-5,8-9H,6-7,10H2,1-3H3,(H,17,19).